The average Bonchev–Trinajstić information content (AvgIpc) is 3.56. The Hall–Kier alpha value is -3.94. The number of nitrogens with two attached hydrogens (primary N) is 1. The van der Waals surface area contributed by atoms with Gasteiger partial charge in [-0.05, 0) is 56.5 Å². The van der Waals surface area contributed by atoms with Crippen LogP contribution in [-0.2, 0) is 21.2 Å². The highest BCUT2D eigenvalue weighted by molar-refractivity contribution is 7.91. The topological polar surface area (TPSA) is 169 Å². The second-order valence-electron chi connectivity index (χ2n) is 10.8. The molecule has 1 fully saturated rings. The van der Waals surface area contributed by atoms with Gasteiger partial charge in [-0.3, -0.25) is 9.59 Å². The minimum atomic E-state index is -3.52. The molecule has 5 rings (SSSR count). The van der Waals surface area contributed by atoms with Crippen molar-refractivity contribution in [1.82, 2.24) is 20.2 Å². The van der Waals surface area contributed by atoms with Gasteiger partial charge in [-0.25, -0.2) is 13.4 Å². The van der Waals surface area contributed by atoms with Gasteiger partial charge in [0.1, 0.15) is 10.8 Å². The lowest BCUT2D eigenvalue weighted by Gasteiger charge is -2.22. The van der Waals surface area contributed by atoms with E-state index in [1.54, 1.807) is 36.1 Å². The number of hydrogen-bond acceptors (Lipinski definition) is 10. The maximum Gasteiger partial charge on any atom is 0.254 e. The fraction of sp³-hybridized carbons (Fsp3) is 0.379. The quantitative estimate of drug-likeness (QED) is 0.246. The molecule has 0 aliphatic carbocycles. The summed E-state index contributed by atoms with van der Waals surface area (Å²) in [5.74, 6) is 0.272. The molecule has 0 spiro atoms. The van der Waals surface area contributed by atoms with Crippen molar-refractivity contribution in [3.8, 4) is 5.75 Å². The van der Waals surface area contributed by atoms with Gasteiger partial charge in [0.15, 0.2) is 15.7 Å². The molecule has 5 N–H and O–H groups in total. The smallest absolute Gasteiger partial charge is 0.254 e. The first kappa shape index (κ1) is 30.5. The van der Waals surface area contributed by atoms with Crippen LogP contribution in [0.15, 0.2) is 47.5 Å². The molecule has 2 amide bonds. The molecular weight excluding hydrogens is 594 g/mol. The number of sulfone groups is 1. The largest absolute Gasteiger partial charge is 0.489 e. The molecule has 2 unspecified atom stereocenters. The lowest BCUT2D eigenvalue weighted by Crippen LogP contribution is -2.36. The summed E-state index contributed by atoms with van der Waals surface area (Å²) in [7, 11) is -3.52. The van der Waals surface area contributed by atoms with Crippen molar-refractivity contribution in [1.29, 1.82) is 0 Å². The summed E-state index contributed by atoms with van der Waals surface area (Å²) >= 11 is 6.41. The number of para-hydroxylation sites is 1. The molecule has 0 saturated carbocycles. The third-order valence-electron chi connectivity index (χ3n) is 7.23. The van der Waals surface area contributed by atoms with Crippen molar-refractivity contribution >= 4 is 56.4 Å². The second-order valence-corrected chi connectivity index (χ2v) is 13.3. The van der Waals surface area contributed by atoms with Crippen LogP contribution >= 0.6 is 11.6 Å². The van der Waals surface area contributed by atoms with Crippen LogP contribution in [0.5, 0.6) is 5.75 Å². The van der Waals surface area contributed by atoms with Crippen molar-refractivity contribution in [2.75, 3.05) is 22.9 Å². The Bertz CT molecular complexity index is 1670. The van der Waals surface area contributed by atoms with E-state index in [4.69, 9.17) is 22.1 Å². The number of benzene rings is 2. The maximum atomic E-state index is 13.5. The number of nitrogens with one attached hydrogen (secondary N) is 3. The van der Waals surface area contributed by atoms with Crippen LogP contribution < -0.4 is 26.4 Å². The van der Waals surface area contributed by atoms with Crippen LogP contribution in [0.1, 0.15) is 49.5 Å². The van der Waals surface area contributed by atoms with Gasteiger partial charge in [0, 0.05) is 24.7 Å². The summed E-state index contributed by atoms with van der Waals surface area (Å²) in [6, 6.07) is 9.46. The third-order valence-corrected chi connectivity index (χ3v) is 9.48. The lowest BCUT2D eigenvalue weighted by molar-refractivity contribution is -0.119. The summed E-state index contributed by atoms with van der Waals surface area (Å²) in [5, 5.41) is 9.46. The number of hydrogen-bond donors (Lipinski definition) is 4. The number of nitrogens with zero attached hydrogens (tertiary/aromatic N) is 3. The highest BCUT2D eigenvalue weighted by Crippen LogP contribution is 2.37. The molecule has 1 saturated heterocycles. The molecule has 12 nitrogen and oxygen atoms in total. The van der Waals surface area contributed by atoms with E-state index in [1.165, 1.54) is 12.3 Å². The Kier molecular flexibility index (Phi) is 8.76. The fourth-order valence-corrected chi connectivity index (χ4v) is 6.90. The molecule has 0 bridgehead atoms. The van der Waals surface area contributed by atoms with E-state index < -0.39 is 21.8 Å². The van der Waals surface area contributed by atoms with Gasteiger partial charge >= 0.3 is 0 Å². The van der Waals surface area contributed by atoms with E-state index in [-0.39, 0.29) is 45.5 Å². The number of halogens is 1. The van der Waals surface area contributed by atoms with E-state index in [1.807, 2.05) is 19.9 Å². The molecule has 228 valence electrons. The van der Waals surface area contributed by atoms with Gasteiger partial charge in [-0.15, -0.1) is 0 Å². The van der Waals surface area contributed by atoms with E-state index in [9.17, 15) is 18.0 Å². The second kappa shape index (κ2) is 12.3. The Balaban J connectivity index is 1.43. The predicted octanol–water partition coefficient (Wildman–Crippen LogP) is 3.76. The minimum absolute atomic E-state index is 0.00605. The Labute approximate surface area is 255 Å². The van der Waals surface area contributed by atoms with Crippen molar-refractivity contribution < 1.29 is 22.7 Å². The summed E-state index contributed by atoms with van der Waals surface area (Å²) in [6.07, 6.45) is 2.17. The number of aromatic nitrogens is 2. The van der Waals surface area contributed by atoms with Gasteiger partial charge < -0.3 is 31.3 Å². The van der Waals surface area contributed by atoms with Crippen LogP contribution in [0.2, 0.25) is 5.02 Å². The van der Waals surface area contributed by atoms with Crippen LogP contribution in [0.4, 0.5) is 23.1 Å². The Morgan fingerprint density at radius 3 is 2.70 bits per heavy atom. The normalized spacial score (nSPS) is 18.2. The first-order valence-corrected chi connectivity index (χ1v) is 16.1. The number of rotatable bonds is 11. The summed E-state index contributed by atoms with van der Waals surface area (Å²) in [6.45, 7) is 6.46. The lowest BCUT2D eigenvalue weighted by atomic mass is 10.1. The molecule has 2 aromatic carbocycles. The first-order valence-electron chi connectivity index (χ1n) is 14.0. The number of fused-ring (bicyclic) bond motifs is 1. The molecule has 3 heterocycles. The van der Waals surface area contributed by atoms with E-state index in [2.05, 4.69) is 25.9 Å². The standard InChI is InChI=1S/C29H34ClN7O5S/c1-4-9-43(40,41)25-8-6-5-7-21(25)34-27-20(30)14-33-29(36-27)35-22-12-19-17(10-24(22)42-16(2)3)15-37(28(19)39)18-11-23(26(31)38)32-13-18/h5-8,10,12,14,16,18,23,32H,4,9,11,13,15H2,1-3H3,(H2,31,38)(H2,33,34,35,36). The van der Waals surface area contributed by atoms with E-state index in [0.717, 1.165) is 5.56 Å². The predicted molar refractivity (Wildman–Crippen MR) is 164 cm³/mol. The Morgan fingerprint density at radius 2 is 2.00 bits per heavy atom. The molecular formula is C29H34ClN7O5S. The van der Waals surface area contributed by atoms with Crippen LogP contribution in [0.3, 0.4) is 0 Å². The van der Waals surface area contributed by atoms with Crippen LogP contribution in [0, 0.1) is 0 Å². The zero-order valence-electron chi connectivity index (χ0n) is 24.1. The zero-order chi connectivity index (χ0) is 30.9. The van der Waals surface area contributed by atoms with Crippen molar-refractivity contribution in [3.63, 3.8) is 0 Å². The summed E-state index contributed by atoms with van der Waals surface area (Å²) in [4.78, 5) is 35.8. The minimum Gasteiger partial charge on any atom is -0.489 e. The monoisotopic (exact) mass is 627 g/mol. The van der Waals surface area contributed by atoms with Gasteiger partial charge in [0.25, 0.3) is 5.91 Å². The molecule has 0 radical (unpaired) electrons. The number of primary amides is 1. The average molecular weight is 628 g/mol. The van der Waals surface area contributed by atoms with Gasteiger partial charge in [0.2, 0.25) is 11.9 Å². The molecule has 2 aliphatic heterocycles. The molecule has 43 heavy (non-hydrogen) atoms. The summed E-state index contributed by atoms with van der Waals surface area (Å²) < 4.78 is 31.8. The molecule has 2 atom stereocenters. The molecule has 1 aromatic heterocycles. The highest BCUT2D eigenvalue weighted by Gasteiger charge is 2.39. The first-order chi connectivity index (χ1) is 20.5. The number of amides is 2. The van der Waals surface area contributed by atoms with Gasteiger partial charge in [-0.1, -0.05) is 30.7 Å². The van der Waals surface area contributed by atoms with Crippen LogP contribution in [-0.4, -0.2) is 65.6 Å². The van der Waals surface area contributed by atoms with Gasteiger partial charge in [-0.2, -0.15) is 4.98 Å². The summed E-state index contributed by atoms with van der Waals surface area (Å²) in [5.41, 5.74) is 7.58. The molecule has 2 aliphatic rings. The van der Waals surface area contributed by atoms with E-state index >= 15 is 0 Å². The number of anilines is 4. The van der Waals surface area contributed by atoms with Crippen molar-refractivity contribution in [2.24, 2.45) is 5.73 Å². The van der Waals surface area contributed by atoms with Crippen molar-refractivity contribution in [3.05, 3.63) is 58.7 Å². The number of carbonyl (C=O) groups is 2. The fourth-order valence-electron chi connectivity index (χ4n) is 5.26. The SMILES string of the molecule is CCCS(=O)(=O)c1ccccc1Nc1nc(Nc2cc3c(cc2OC(C)C)CN(C2CNC(C(N)=O)C2)C3=O)ncc1Cl. The van der Waals surface area contributed by atoms with E-state index in [0.29, 0.717) is 48.6 Å². The van der Waals surface area contributed by atoms with Gasteiger partial charge in [0.05, 0.1) is 40.4 Å². The maximum absolute atomic E-state index is 13.5. The van der Waals surface area contributed by atoms with Crippen LogP contribution in [0.25, 0.3) is 0 Å². The Morgan fingerprint density at radius 1 is 1.23 bits per heavy atom. The zero-order valence-corrected chi connectivity index (χ0v) is 25.6. The number of ether oxygens (including phenoxy) is 1. The number of carbonyl (C=O) groups excluding carboxylic acids is 2. The molecule has 14 heteroatoms. The third kappa shape index (κ3) is 6.53. The molecule has 3 aromatic rings. The van der Waals surface area contributed by atoms with Crippen molar-refractivity contribution in [2.45, 2.75) is 63.2 Å². The highest BCUT2D eigenvalue weighted by atomic mass is 35.5.